The van der Waals surface area contributed by atoms with Crippen molar-refractivity contribution in [2.75, 3.05) is 28.4 Å². The summed E-state index contributed by atoms with van der Waals surface area (Å²) in [6.45, 7) is 0.879. The molecule has 5 nitrogen and oxygen atoms in total. The van der Waals surface area contributed by atoms with Crippen LogP contribution in [0.25, 0.3) is 11.1 Å². The van der Waals surface area contributed by atoms with E-state index in [4.69, 9.17) is 23.7 Å². The summed E-state index contributed by atoms with van der Waals surface area (Å²) in [4.78, 5) is 0.764. The van der Waals surface area contributed by atoms with Gasteiger partial charge in [0.15, 0.2) is 11.5 Å². The average Bonchev–Trinajstić information content (AvgIpc) is 2.80. The van der Waals surface area contributed by atoms with Gasteiger partial charge in [-0.2, -0.15) is 0 Å². The molecule has 0 fully saturated rings. The molecule has 128 valence electrons. The van der Waals surface area contributed by atoms with Crippen LogP contribution in [0.5, 0.6) is 23.0 Å². The Kier molecular flexibility index (Phi) is 4.78. The van der Waals surface area contributed by atoms with E-state index in [9.17, 15) is 0 Å². The van der Waals surface area contributed by atoms with Crippen molar-refractivity contribution >= 4 is 12.6 Å². The molecule has 0 unspecified atom stereocenters. The predicted molar refractivity (Wildman–Crippen MR) is 93.8 cm³/mol. The van der Waals surface area contributed by atoms with E-state index in [1.54, 1.807) is 28.4 Å². The maximum absolute atomic E-state index is 5.84. The van der Waals surface area contributed by atoms with Gasteiger partial charge in [-0.05, 0) is 23.3 Å². The van der Waals surface area contributed by atoms with E-state index in [0.29, 0.717) is 36.2 Å². The van der Waals surface area contributed by atoms with Gasteiger partial charge in [0.1, 0.15) is 5.75 Å². The summed E-state index contributed by atoms with van der Waals surface area (Å²) < 4.78 is 27.8. The SMILES string of the molecule is COc1ccc2c(c1S)COCc1cc(OC)c(OC)c(OC)c1-2. The van der Waals surface area contributed by atoms with Crippen LogP contribution in [0.3, 0.4) is 0 Å². The van der Waals surface area contributed by atoms with Gasteiger partial charge in [0, 0.05) is 11.1 Å². The van der Waals surface area contributed by atoms with Crippen LogP contribution in [0.4, 0.5) is 0 Å². The number of hydrogen-bond acceptors (Lipinski definition) is 6. The van der Waals surface area contributed by atoms with E-state index in [0.717, 1.165) is 27.1 Å². The first-order chi connectivity index (χ1) is 11.7. The fourth-order valence-electron chi connectivity index (χ4n) is 3.04. The van der Waals surface area contributed by atoms with E-state index in [1.165, 1.54) is 0 Å². The lowest BCUT2D eigenvalue weighted by molar-refractivity contribution is 0.108. The molecule has 0 bridgehead atoms. The zero-order valence-corrected chi connectivity index (χ0v) is 15.0. The van der Waals surface area contributed by atoms with Gasteiger partial charge in [0.25, 0.3) is 0 Å². The molecular weight excluding hydrogens is 328 g/mol. The van der Waals surface area contributed by atoms with Crippen LogP contribution in [0, 0.1) is 0 Å². The van der Waals surface area contributed by atoms with Gasteiger partial charge in [0.2, 0.25) is 5.75 Å². The Morgan fingerprint density at radius 3 is 2.21 bits per heavy atom. The first-order valence-corrected chi connectivity index (χ1v) is 7.89. The van der Waals surface area contributed by atoms with Crippen LogP contribution in [-0.4, -0.2) is 28.4 Å². The third kappa shape index (κ3) is 2.56. The Labute approximate surface area is 146 Å². The molecule has 2 aromatic carbocycles. The van der Waals surface area contributed by atoms with E-state index in [-0.39, 0.29) is 0 Å². The number of fused-ring (bicyclic) bond motifs is 3. The summed E-state index contributed by atoms with van der Waals surface area (Å²) in [6, 6.07) is 5.82. The fraction of sp³-hybridized carbons (Fsp3) is 0.333. The molecule has 1 aliphatic rings. The number of methoxy groups -OCH3 is 4. The van der Waals surface area contributed by atoms with Gasteiger partial charge in [-0.25, -0.2) is 0 Å². The molecule has 2 aromatic rings. The van der Waals surface area contributed by atoms with Crippen LogP contribution in [-0.2, 0) is 18.0 Å². The van der Waals surface area contributed by atoms with E-state index in [2.05, 4.69) is 12.6 Å². The molecule has 0 aromatic heterocycles. The highest BCUT2D eigenvalue weighted by Gasteiger charge is 2.27. The number of thiol groups is 1. The van der Waals surface area contributed by atoms with Gasteiger partial charge >= 0.3 is 0 Å². The molecule has 24 heavy (non-hydrogen) atoms. The van der Waals surface area contributed by atoms with Crippen molar-refractivity contribution in [3.8, 4) is 34.1 Å². The van der Waals surface area contributed by atoms with Crippen molar-refractivity contribution in [2.24, 2.45) is 0 Å². The molecule has 1 heterocycles. The summed E-state index contributed by atoms with van der Waals surface area (Å²) in [7, 11) is 6.44. The molecule has 0 N–H and O–H groups in total. The summed E-state index contributed by atoms with van der Waals surface area (Å²) in [5, 5.41) is 0. The number of benzene rings is 2. The van der Waals surface area contributed by atoms with Crippen molar-refractivity contribution < 1.29 is 23.7 Å². The van der Waals surface area contributed by atoms with Crippen LogP contribution < -0.4 is 18.9 Å². The Hall–Kier alpha value is -2.05. The smallest absolute Gasteiger partial charge is 0.203 e. The van der Waals surface area contributed by atoms with Gasteiger partial charge < -0.3 is 23.7 Å². The zero-order chi connectivity index (χ0) is 17.3. The molecule has 0 atom stereocenters. The third-order valence-electron chi connectivity index (χ3n) is 4.15. The minimum absolute atomic E-state index is 0.438. The van der Waals surface area contributed by atoms with Gasteiger partial charge in [-0.3, -0.25) is 0 Å². The normalized spacial score (nSPS) is 12.7. The second-order valence-corrected chi connectivity index (χ2v) is 5.76. The molecule has 3 rings (SSSR count). The molecule has 0 aliphatic carbocycles. The number of hydrogen-bond donors (Lipinski definition) is 1. The molecule has 0 saturated carbocycles. The monoisotopic (exact) mass is 348 g/mol. The first-order valence-electron chi connectivity index (χ1n) is 7.45. The second-order valence-electron chi connectivity index (χ2n) is 5.31. The van der Waals surface area contributed by atoms with Gasteiger partial charge in [-0.1, -0.05) is 6.07 Å². The predicted octanol–water partition coefficient (Wildman–Crippen LogP) is 3.71. The molecule has 0 saturated heterocycles. The highest BCUT2D eigenvalue weighted by molar-refractivity contribution is 7.80. The zero-order valence-electron chi connectivity index (χ0n) is 14.1. The summed E-state index contributed by atoms with van der Waals surface area (Å²) in [6.07, 6.45) is 0. The molecule has 0 spiro atoms. The van der Waals surface area contributed by atoms with Crippen LogP contribution in [0.2, 0.25) is 0 Å². The van der Waals surface area contributed by atoms with Crippen LogP contribution in [0.1, 0.15) is 11.1 Å². The van der Waals surface area contributed by atoms with Crippen LogP contribution >= 0.6 is 12.6 Å². The Balaban J connectivity index is 2.35. The second kappa shape index (κ2) is 6.83. The maximum Gasteiger partial charge on any atom is 0.203 e. The van der Waals surface area contributed by atoms with E-state index >= 15 is 0 Å². The maximum atomic E-state index is 5.84. The highest BCUT2D eigenvalue weighted by atomic mass is 32.1. The Morgan fingerprint density at radius 1 is 0.875 bits per heavy atom. The van der Waals surface area contributed by atoms with Crippen molar-refractivity contribution in [1.82, 2.24) is 0 Å². The molecule has 0 amide bonds. The van der Waals surface area contributed by atoms with E-state index < -0.39 is 0 Å². The first kappa shape index (κ1) is 16.8. The molecule has 0 radical (unpaired) electrons. The van der Waals surface area contributed by atoms with Gasteiger partial charge in [0.05, 0.1) is 46.5 Å². The Morgan fingerprint density at radius 2 is 1.58 bits per heavy atom. The molecule has 6 heteroatoms. The highest BCUT2D eigenvalue weighted by Crippen LogP contribution is 2.50. The topological polar surface area (TPSA) is 46.2 Å². The van der Waals surface area contributed by atoms with Crippen LogP contribution in [0.15, 0.2) is 23.1 Å². The summed E-state index contributed by atoms with van der Waals surface area (Å²) >= 11 is 4.62. The number of rotatable bonds is 4. The minimum atomic E-state index is 0.438. The standard InChI is InChI=1S/C18H20O5S/c1-19-13-6-5-11-12(18(13)24)9-23-8-10-7-14(20-2)16(21-3)17(22-4)15(10)11/h5-7,24H,8-9H2,1-4H3. The lowest BCUT2D eigenvalue weighted by Gasteiger charge is -2.20. The largest absolute Gasteiger partial charge is 0.496 e. The third-order valence-corrected chi connectivity index (χ3v) is 4.64. The van der Waals surface area contributed by atoms with Crippen molar-refractivity contribution in [1.29, 1.82) is 0 Å². The van der Waals surface area contributed by atoms with E-state index in [1.807, 2.05) is 18.2 Å². The molecule has 1 aliphatic heterocycles. The fourth-order valence-corrected chi connectivity index (χ4v) is 3.39. The average molecular weight is 348 g/mol. The van der Waals surface area contributed by atoms with Crippen molar-refractivity contribution in [3.63, 3.8) is 0 Å². The quantitative estimate of drug-likeness (QED) is 0.854. The minimum Gasteiger partial charge on any atom is -0.496 e. The van der Waals surface area contributed by atoms with Gasteiger partial charge in [-0.15, -0.1) is 12.6 Å². The number of ether oxygens (including phenoxy) is 5. The molecular formula is C18H20O5S. The lowest BCUT2D eigenvalue weighted by atomic mass is 9.94. The lowest BCUT2D eigenvalue weighted by Crippen LogP contribution is -2.01. The van der Waals surface area contributed by atoms with Crippen molar-refractivity contribution in [3.05, 3.63) is 29.3 Å². The summed E-state index contributed by atoms with van der Waals surface area (Å²) in [5.74, 6) is 2.50. The summed E-state index contributed by atoms with van der Waals surface area (Å²) in [5.41, 5.74) is 3.86. The van der Waals surface area contributed by atoms with Crippen molar-refractivity contribution in [2.45, 2.75) is 18.1 Å². The Bertz CT molecular complexity index is 773.